The average Bonchev–Trinajstić information content (AvgIpc) is 3.04. The van der Waals surface area contributed by atoms with Gasteiger partial charge in [0.25, 0.3) is 0 Å². The van der Waals surface area contributed by atoms with Crippen LogP contribution in [-0.2, 0) is 0 Å². The zero-order valence-corrected chi connectivity index (χ0v) is 14.3. The van der Waals surface area contributed by atoms with Crippen molar-refractivity contribution in [3.8, 4) is 17.1 Å². The summed E-state index contributed by atoms with van der Waals surface area (Å²) in [6.45, 7) is 9.03. The van der Waals surface area contributed by atoms with Gasteiger partial charge in [-0.25, -0.2) is 0 Å². The minimum absolute atomic E-state index is 0.475. The number of hydrogen-bond acceptors (Lipinski definition) is 1. The first-order valence-corrected chi connectivity index (χ1v) is 8.31. The maximum Gasteiger partial charge on any atom is 0.0869 e. The molecule has 0 atom stereocenters. The zero-order valence-electron chi connectivity index (χ0n) is 14.3. The second kappa shape index (κ2) is 6.41. The van der Waals surface area contributed by atoms with Crippen LogP contribution in [0.25, 0.3) is 17.1 Å². The molecule has 0 aliphatic heterocycles. The summed E-state index contributed by atoms with van der Waals surface area (Å²) < 4.78 is 2.30. The molecule has 0 fully saturated rings. The van der Waals surface area contributed by atoms with E-state index in [2.05, 4.69) is 79.8 Å². The highest BCUT2D eigenvalue weighted by molar-refractivity contribution is 5.62. The summed E-state index contributed by atoms with van der Waals surface area (Å²) in [5.74, 6) is 0.949. The van der Waals surface area contributed by atoms with Crippen LogP contribution in [0.3, 0.4) is 0 Å². The Labute approximate surface area is 138 Å². The summed E-state index contributed by atoms with van der Waals surface area (Å²) in [6.07, 6.45) is 4.00. The molecule has 23 heavy (non-hydrogen) atoms. The van der Waals surface area contributed by atoms with Gasteiger partial charge in [0, 0.05) is 12.4 Å². The molecular formula is C21H24N2. The van der Waals surface area contributed by atoms with Gasteiger partial charge in [-0.05, 0) is 47.2 Å². The SMILES string of the molecule is CC(C)c1cccc(C(C)C)c1-n1cccc1-c1ccccn1. The molecule has 2 heteroatoms. The van der Waals surface area contributed by atoms with Crippen LogP contribution in [-0.4, -0.2) is 9.55 Å². The molecule has 118 valence electrons. The van der Waals surface area contributed by atoms with Gasteiger partial charge in [0.15, 0.2) is 0 Å². The number of rotatable bonds is 4. The van der Waals surface area contributed by atoms with E-state index in [9.17, 15) is 0 Å². The quantitative estimate of drug-likeness (QED) is 0.597. The number of para-hydroxylation sites is 1. The summed E-state index contributed by atoms with van der Waals surface area (Å²) in [6, 6.07) is 17.0. The van der Waals surface area contributed by atoms with Gasteiger partial charge in [-0.2, -0.15) is 0 Å². The van der Waals surface area contributed by atoms with Gasteiger partial charge in [-0.15, -0.1) is 0 Å². The first-order chi connectivity index (χ1) is 11.1. The number of nitrogens with zero attached hydrogens (tertiary/aromatic N) is 2. The Hall–Kier alpha value is -2.35. The van der Waals surface area contributed by atoms with Crippen LogP contribution in [0.15, 0.2) is 60.9 Å². The Bertz CT molecular complexity index is 756. The second-order valence-corrected chi connectivity index (χ2v) is 6.57. The Morgan fingerprint density at radius 3 is 2.04 bits per heavy atom. The average molecular weight is 304 g/mol. The molecule has 3 rings (SSSR count). The molecule has 2 nitrogen and oxygen atoms in total. The topological polar surface area (TPSA) is 17.8 Å². The van der Waals surface area contributed by atoms with E-state index >= 15 is 0 Å². The molecule has 2 heterocycles. The molecule has 0 N–H and O–H groups in total. The summed E-state index contributed by atoms with van der Waals surface area (Å²) in [7, 11) is 0. The molecule has 2 aromatic heterocycles. The van der Waals surface area contributed by atoms with Crippen LogP contribution in [0, 0.1) is 0 Å². The fourth-order valence-electron chi connectivity index (χ4n) is 3.09. The monoisotopic (exact) mass is 304 g/mol. The molecule has 0 aliphatic carbocycles. The van der Waals surface area contributed by atoms with E-state index in [0.29, 0.717) is 11.8 Å². The summed E-state index contributed by atoms with van der Waals surface area (Å²) in [4.78, 5) is 4.54. The van der Waals surface area contributed by atoms with Crippen molar-refractivity contribution in [1.82, 2.24) is 9.55 Å². The van der Waals surface area contributed by atoms with Crippen LogP contribution in [0.1, 0.15) is 50.7 Å². The molecule has 0 aliphatic rings. The lowest BCUT2D eigenvalue weighted by Crippen LogP contribution is -2.07. The fraction of sp³-hybridized carbons (Fsp3) is 0.286. The molecule has 0 amide bonds. The number of benzene rings is 1. The minimum Gasteiger partial charge on any atom is -0.315 e. The summed E-state index contributed by atoms with van der Waals surface area (Å²) in [5, 5.41) is 0. The summed E-state index contributed by atoms with van der Waals surface area (Å²) >= 11 is 0. The van der Waals surface area contributed by atoms with Gasteiger partial charge in [-0.1, -0.05) is 52.0 Å². The maximum absolute atomic E-state index is 4.54. The second-order valence-electron chi connectivity index (χ2n) is 6.57. The highest BCUT2D eigenvalue weighted by Gasteiger charge is 2.17. The largest absolute Gasteiger partial charge is 0.315 e. The highest BCUT2D eigenvalue weighted by atomic mass is 15.0. The van der Waals surface area contributed by atoms with Crippen molar-refractivity contribution in [2.75, 3.05) is 0 Å². The first-order valence-electron chi connectivity index (χ1n) is 8.31. The molecule has 0 unspecified atom stereocenters. The first kappa shape index (κ1) is 15.5. The van der Waals surface area contributed by atoms with Crippen LogP contribution in [0.5, 0.6) is 0 Å². The van der Waals surface area contributed by atoms with Crippen molar-refractivity contribution in [3.63, 3.8) is 0 Å². The number of pyridine rings is 1. The molecule has 1 aromatic carbocycles. The van der Waals surface area contributed by atoms with Crippen molar-refractivity contribution in [2.24, 2.45) is 0 Å². The lowest BCUT2D eigenvalue weighted by molar-refractivity contribution is 0.807. The van der Waals surface area contributed by atoms with E-state index in [1.54, 1.807) is 0 Å². The van der Waals surface area contributed by atoms with E-state index in [4.69, 9.17) is 0 Å². The Kier molecular flexibility index (Phi) is 4.33. The van der Waals surface area contributed by atoms with Crippen LogP contribution < -0.4 is 0 Å². The Morgan fingerprint density at radius 1 is 0.783 bits per heavy atom. The predicted octanol–water partition coefficient (Wildman–Crippen LogP) is 5.79. The number of hydrogen-bond donors (Lipinski definition) is 0. The smallest absolute Gasteiger partial charge is 0.0869 e. The zero-order chi connectivity index (χ0) is 16.4. The van der Waals surface area contributed by atoms with Gasteiger partial charge in [0.2, 0.25) is 0 Å². The van der Waals surface area contributed by atoms with E-state index in [-0.39, 0.29) is 0 Å². The lowest BCUT2D eigenvalue weighted by Gasteiger charge is -2.22. The van der Waals surface area contributed by atoms with Gasteiger partial charge in [-0.3, -0.25) is 4.98 Å². The van der Waals surface area contributed by atoms with E-state index in [1.165, 1.54) is 16.8 Å². The molecule has 0 saturated carbocycles. The normalized spacial score (nSPS) is 11.4. The molecule has 0 spiro atoms. The lowest BCUT2D eigenvalue weighted by atomic mass is 9.92. The van der Waals surface area contributed by atoms with Gasteiger partial charge in [0.1, 0.15) is 0 Å². The van der Waals surface area contributed by atoms with Crippen molar-refractivity contribution >= 4 is 0 Å². The van der Waals surface area contributed by atoms with Crippen LogP contribution in [0.4, 0.5) is 0 Å². The molecule has 3 aromatic rings. The maximum atomic E-state index is 4.54. The molecular weight excluding hydrogens is 280 g/mol. The Morgan fingerprint density at radius 2 is 1.48 bits per heavy atom. The third-order valence-corrected chi connectivity index (χ3v) is 4.26. The molecule has 0 bridgehead atoms. The fourth-order valence-corrected chi connectivity index (χ4v) is 3.09. The number of aromatic nitrogens is 2. The third-order valence-electron chi connectivity index (χ3n) is 4.26. The van der Waals surface area contributed by atoms with Crippen molar-refractivity contribution in [2.45, 2.75) is 39.5 Å². The predicted molar refractivity (Wildman–Crippen MR) is 97.2 cm³/mol. The van der Waals surface area contributed by atoms with Crippen molar-refractivity contribution in [3.05, 3.63) is 72.1 Å². The van der Waals surface area contributed by atoms with Gasteiger partial charge >= 0.3 is 0 Å². The van der Waals surface area contributed by atoms with Crippen LogP contribution >= 0.6 is 0 Å². The van der Waals surface area contributed by atoms with Crippen LogP contribution in [0.2, 0.25) is 0 Å². The highest BCUT2D eigenvalue weighted by Crippen LogP contribution is 2.34. The standard InChI is InChI=1S/C21H24N2/c1-15(2)17-9-7-10-18(16(3)4)21(17)23-14-8-12-20(23)19-11-5-6-13-22-19/h5-16H,1-4H3. The minimum atomic E-state index is 0.475. The van der Waals surface area contributed by atoms with Crippen molar-refractivity contribution in [1.29, 1.82) is 0 Å². The Balaban J connectivity index is 2.26. The molecule has 0 saturated heterocycles. The summed E-state index contributed by atoms with van der Waals surface area (Å²) in [5.41, 5.74) is 6.21. The van der Waals surface area contributed by atoms with Gasteiger partial charge in [0.05, 0.1) is 17.1 Å². The van der Waals surface area contributed by atoms with E-state index in [0.717, 1.165) is 11.4 Å². The van der Waals surface area contributed by atoms with Gasteiger partial charge < -0.3 is 4.57 Å². The third kappa shape index (κ3) is 2.94. The van der Waals surface area contributed by atoms with Crippen molar-refractivity contribution < 1.29 is 0 Å². The molecule has 0 radical (unpaired) electrons. The van der Waals surface area contributed by atoms with E-state index in [1.807, 2.05) is 18.3 Å². The van der Waals surface area contributed by atoms with E-state index < -0.39 is 0 Å².